The Kier molecular flexibility index (Phi) is 7.76. The molecule has 0 radical (unpaired) electrons. The first-order valence-corrected chi connectivity index (χ1v) is 10.5. The van der Waals surface area contributed by atoms with Gasteiger partial charge in [-0.15, -0.1) is 0 Å². The SMILES string of the molecule is CN=C(NCCCc1nn(-c2ccc(C)cc2)c(N)c1C#N)Nc1ccc(OC)c(OC)c1. The summed E-state index contributed by atoms with van der Waals surface area (Å²) in [4.78, 5) is 4.25. The number of anilines is 2. The van der Waals surface area contributed by atoms with Crippen molar-refractivity contribution < 1.29 is 9.47 Å². The van der Waals surface area contributed by atoms with Gasteiger partial charge in [0.15, 0.2) is 17.5 Å². The molecule has 0 atom stereocenters. The van der Waals surface area contributed by atoms with Crippen LogP contribution in [0.1, 0.15) is 23.2 Å². The number of methoxy groups -OCH3 is 2. The lowest BCUT2D eigenvalue weighted by molar-refractivity contribution is 0.355. The Bertz CT molecular complexity index is 1160. The number of aliphatic imine (C=N–C) groups is 1. The van der Waals surface area contributed by atoms with Crippen molar-refractivity contribution in [1.29, 1.82) is 5.26 Å². The van der Waals surface area contributed by atoms with Crippen LogP contribution in [0.25, 0.3) is 5.69 Å². The lowest BCUT2D eigenvalue weighted by Gasteiger charge is -2.14. The van der Waals surface area contributed by atoms with Crippen LogP contribution in [-0.2, 0) is 6.42 Å². The van der Waals surface area contributed by atoms with Gasteiger partial charge in [0.05, 0.1) is 25.6 Å². The van der Waals surface area contributed by atoms with E-state index in [1.807, 2.05) is 49.4 Å². The second kappa shape index (κ2) is 10.9. The normalized spacial score (nSPS) is 11.1. The summed E-state index contributed by atoms with van der Waals surface area (Å²) in [5, 5.41) is 20.7. The van der Waals surface area contributed by atoms with Crippen molar-refractivity contribution in [2.24, 2.45) is 4.99 Å². The molecule has 2 aromatic carbocycles. The largest absolute Gasteiger partial charge is 0.493 e. The molecule has 1 aromatic heterocycles. The summed E-state index contributed by atoms with van der Waals surface area (Å²) < 4.78 is 12.2. The number of hydrogen-bond acceptors (Lipinski definition) is 6. The average molecular weight is 448 g/mol. The van der Waals surface area contributed by atoms with Crippen LogP contribution in [0.4, 0.5) is 11.5 Å². The van der Waals surface area contributed by atoms with Crippen LogP contribution in [-0.4, -0.2) is 43.6 Å². The van der Waals surface area contributed by atoms with Crippen LogP contribution in [0.3, 0.4) is 0 Å². The third-order valence-electron chi connectivity index (χ3n) is 5.14. The molecule has 1 heterocycles. The summed E-state index contributed by atoms with van der Waals surface area (Å²) in [6.45, 7) is 2.65. The highest BCUT2D eigenvalue weighted by atomic mass is 16.5. The van der Waals surface area contributed by atoms with Gasteiger partial charge in [0.2, 0.25) is 0 Å². The van der Waals surface area contributed by atoms with E-state index in [1.165, 1.54) is 0 Å². The molecule has 0 aliphatic heterocycles. The molecule has 0 aliphatic carbocycles. The van der Waals surface area contributed by atoms with Crippen molar-refractivity contribution in [3.63, 3.8) is 0 Å². The molecule has 9 nitrogen and oxygen atoms in total. The number of nitrogens with zero attached hydrogens (tertiary/aromatic N) is 4. The zero-order chi connectivity index (χ0) is 23.8. The monoisotopic (exact) mass is 447 g/mol. The molecule has 0 bridgehead atoms. The highest BCUT2D eigenvalue weighted by Crippen LogP contribution is 2.29. The van der Waals surface area contributed by atoms with E-state index in [0.29, 0.717) is 47.5 Å². The van der Waals surface area contributed by atoms with E-state index >= 15 is 0 Å². The molecule has 0 saturated heterocycles. The Morgan fingerprint density at radius 3 is 2.52 bits per heavy atom. The van der Waals surface area contributed by atoms with Gasteiger partial charge in [-0.3, -0.25) is 4.99 Å². The number of nitrogen functional groups attached to an aromatic ring is 1. The Morgan fingerprint density at radius 1 is 1.15 bits per heavy atom. The Balaban J connectivity index is 1.60. The van der Waals surface area contributed by atoms with Gasteiger partial charge in [-0.05, 0) is 44.0 Å². The second-order valence-electron chi connectivity index (χ2n) is 7.36. The van der Waals surface area contributed by atoms with Crippen molar-refractivity contribution in [1.82, 2.24) is 15.1 Å². The van der Waals surface area contributed by atoms with Crippen molar-refractivity contribution in [3.8, 4) is 23.3 Å². The summed E-state index contributed by atoms with van der Waals surface area (Å²) in [7, 11) is 4.89. The number of ether oxygens (including phenoxy) is 2. The first-order chi connectivity index (χ1) is 16.0. The molecule has 0 saturated carbocycles. The van der Waals surface area contributed by atoms with Gasteiger partial charge in [-0.2, -0.15) is 10.4 Å². The first kappa shape index (κ1) is 23.5. The third kappa shape index (κ3) is 5.54. The molecular weight excluding hydrogens is 418 g/mol. The third-order valence-corrected chi connectivity index (χ3v) is 5.14. The summed E-state index contributed by atoms with van der Waals surface area (Å²) >= 11 is 0. The van der Waals surface area contributed by atoms with E-state index < -0.39 is 0 Å². The van der Waals surface area contributed by atoms with Crippen LogP contribution < -0.4 is 25.8 Å². The predicted octanol–water partition coefficient (Wildman–Crippen LogP) is 3.27. The minimum absolute atomic E-state index is 0.357. The molecule has 3 rings (SSSR count). The van der Waals surface area contributed by atoms with E-state index in [4.69, 9.17) is 15.2 Å². The summed E-state index contributed by atoms with van der Waals surface area (Å²) in [5.41, 5.74) is 10.1. The average Bonchev–Trinajstić information content (AvgIpc) is 3.16. The van der Waals surface area contributed by atoms with Crippen LogP contribution in [0.15, 0.2) is 47.5 Å². The molecule has 0 fully saturated rings. The van der Waals surface area contributed by atoms with Crippen LogP contribution >= 0.6 is 0 Å². The second-order valence-corrected chi connectivity index (χ2v) is 7.36. The molecule has 172 valence electrons. The lowest BCUT2D eigenvalue weighted by Crippen LogP contribution is -2.31. The number of rotatable bonds is 8. The summed E-state index contributed by atoms with van der Waals surface area (Å²) in [5.74, 6) is 2.26. The van der Waals surface area contributed by atoms with Gasteiger partial charge in [0, 0.05) is 25.3 Å². The maximum absolute atomic E-state index is 9.58. The fourth-order valence-electron chi connectivity index (χ4n) is 3.35. The number of benzene rings is 2. The number of nitriles is 1. The minimum Gasteiger partial charge on any atom is -0.493 e. The van der Waals surface area contributed by atoms with Gasteiger partial charge in [0.25, 0.3) is 0 Å². The summed E-state index contributed by atoms with van der Waals surface area (Å²) in [6.07, 6.45) is 1.35. The van der Waals surface area contributed by atoms with E-state index in [1.54, 1.807) is 25.9 Å². The highest BCUT2D eigenvalue weighted by Gasteiger charge is 2.16. The molecule has 4 N–H and O–H groups in total. The molecule has 9 heteroatoms. The maximum Gasteiger partial charge on any atom is 0.195 e. The number of guanidine groups is 1. The molecule has 0 aliphatic rings. The van der Waals surface area contributed by atoms with Gasteiger partial charge in [0.1, 0.15) is 17.5 Å². The van der Waals surface area contributed by atoms with Gasteiger partial charge in [-0.1, -0.05) is 17.7 Å². The smallest absolute Gasteiger partial charge is 0.195 e. The number of nitrogens with one attached hydrogen (secondary N) is 2. The zero-order valence-electron chi connectivity index (χ0n) is 19.3. The fourth-order valence-corrected chi connectivity index (χ4v) is 3.35. The Morgan fingerprint density at radius 2 is 1.88 bits per heavy atom. The minimum atomic E-state index is 0.357. The first-order valence-electron chi connectivity index (χ1n) is 10.5. The quantitative estimate of drug-likeness (QED) is 0.275. The molecule has 33 heavy (non-hydrogen) atoms. The topological polar surface area (TPSA) is 123 Å². The van der Waals surface area contributed by atoms with Crippen molar-refractivity contribution >= 4 is 17.5 Å². The van der Waals surface area contributed by atoms with Gasteiger partial charge >= 0.3 is 0 Å². The molecular formula is C24H29N7O2. The predicted molar refractivity (Wildman–Crippen MR) is 130 cm³/mol. The molecule has 0 unspecified atom stereocenters. The highest BCUT2D eigenvalue weighted by molar-refractivity contribution is 5.93. The van der Waals surface area contributed by atoms with Crippen molar-refractivity contribution in [2.75, 3.05) is 38.9 Å². The standard InChI is InChI=1S/C24H29N7O2/c1-16-7-10-18(11-8-16)31-23(26)19(15-25)20(30-31)6-5-13-28-24(27-2)29-17-9-12-21(32-3)22(14-17)33-4/h7-12,14H,5-6,13,26H2,1-4H3,(H2,27,28,29). The number of aryl methyl sites for hydroxylation is 2. The number of aromatic nitrogens is 2. The fraction of sp³-hybridized carbons (Fsp3) is 0.292. The van der Waals surface area contributed by atoms with Crippen LogP contribution in [0.5, 0.6) is 11.5 Å². The van der Waals surface area contributed by atoms with Crippen LogP contribution in [0.2, 0.25) is 0 Å². The Hall–Kier alpha value is -4.19. The van der Waals surface area contributed by atoms with Gasteiger partial charge in [-0.25, -0.2) is 4.68 Å². The maximum atomic E-state index is 9.58. The van der Waals surface area contributed by atoms with E-state index in [-0.39, 0.29) is 0 Å². The van der Waals surface area contributed by atoms with E-state index in [9.17, 15) is 5.26 Å². The molecule has 0 amide bonds. The van der Waals surface area contributed by atoms with E-state index in [2.05, 4.69) is 26.8 Å². The lowest BCUT2D eigenvalue weighted by atomic mass is 10.1. The summed E-state index contributed by atoms with van der Waals surface area (Å²) in [6, 6.07) is 15.6. The number of nitrogens with two attached hydrogens (primary N) is 1. The van der Waals surface area contributed by atoms with Crippen LogP contribution in [0, 0.1) is 18.3 Å². The molecule has 0 spiro atoms. The van der Waals surface area contributed by atoms with E-state index in [0.717, 1.165) is 23.4 Å². The number of hydrogen-bond donors (Lipinski definition) is 3. The van der Waals surface area contributed by atoms with Gasteiger partial charge < -0.3 is 25.8 Å². The molecule has 3 aromatic rings. The Labute approximate surface area is 193 Å². The van der Waals surface area contributed by atoms with Crippen molar-refractivity contribution in [3.05, 3.63) is 59.3 Å². The van der Waals surface area contributed by atoms with Crippen molar-refractivity contribution in [2.45, 2.75) is 19.8 Å². The zero-order valence-corrected chi connectivity index (χ0v) is 19.3.